The summed E-state index contributed by atoms with van der Waals surface area (Å²) in [6.07, 6.45) is 1.96. The fourth-order valence-corrected chi connectivity index (χ4v) is 1.88. The van der Waals surface area contributed by atoms with Crippen LogP contribution in [-0.2, 0) is 4.74 Å². The molecule has 3 nitrogen and oxygen atoms in total. The highest BCUT2D eigenvalue weighted by molar-refractivity contribution is 5.33. The summed E-state index contributed by atoms with van der Waals surface area (Å²) in [4.78, 5) is 0. The molecule has 0 fully saturated rings. The summed E-state index contributed by atoms with van der Waals surface area (Å²) in [7, 11) is 1.48. The van der Waals surface area contributed by atoms with Gasteiger partial charge in [0, 0.05) is 12.2 Å². The maximum atomic E-state index is 14.2. The quantitative estimate of drug-likeness (QED) is 0.698. The van der Waals surface area contributed by atoms with Gasteiger partial charge in [0.1, 0.15) is 0 Å². The molecule has 0 aliphatic carbocycles. The van der Waals surface area contributed by atoms with Crippen LogP contribution in [0.3, 0.4) is 0 Å². The molecule has 0 spiro atoms. The van der Waals surface area contributed by atoms with E-state index >= 15 is 0 Å². The molecule has 0 bridgehead atoms. The highest BCUT2D eigenvalue weighted by Crippen LogP contribution is 2.25. The summed E-state index contributed by atoms with van der Waals surface area (Å²) in [5.74, 6) is -0.0324. The molecule has 1 aromatic rings. The van der Waals surface area contributed by atoms with Gasteiger partial charge in [0.25, 0.3) is 0 Å². The Labute approximate surface area is 115 Å². The Bertz CT molecular complexity index is 371. The molecule has 0 saturated heterocycles. The largest absolute Gasteiger partial charge is 0.494 e. The lowest BCUT2D eigenvalue weighted by atomic mass is 10.1. The minimum atomic E-state index is -0.307. The first-order valence-electron chi connectivity index (χ1n) is 6.88. The molecular weight excluding hydrogens is 245 g/mol. The van der Waals surface area contributed by atoms with Crippen LogP contribution in [0.15, 0.2) is 18.2 Å². The molecular formula is C15H24FNO2. The normalized spacial score (nSPS) is 12.4. The third kappa shape index (κ3) is 4.80. The van der Waals surface area contributed by atoms with Crippen molar-refractivity contribution >= 4 is 0 Å². The van der Waals surface area contributed by atoms with E-state index < -0.39 is 0 Å². The van der Waals surface area contributed by atoms with Gasteiger partial charge in [-0.05, 0) is 25.5 Å². The number of hydrogen-bond acceptors (Lipinski definition) is 3. The van der Waals surface area contributed by atoms with Gasteiger partial charge in [0.05, 0.1) is 19.8 Å². The van der Waals surface area contributed by atoms with E-state index in [1.807, 2.05) is 0 Å². The molecule has 1 aromatic carbocycles. The Morgan fingerprint density at radius 3 is 2.68 bits per heavy atom. The molecule has 0 saturated carbocycles. The minimum Gasteiger partial charge on any atom is -0.494 e. The van der Waals surface area contributed by atoms with Gasteiger partial charge in [-0.25, -0.2) is 4.39 Å². The smallest absolute Gasteiger partial charge is 0.169 e. The zero-order valence-electron chi connectivity index (χ0n) is 12.0. The van der Waals surface area contributed by atoms with E-state index in [1.54, 1.807) is 18.2 Å². The van der Waals surface area contributed by atoms with Crippen LogP contribution in [0.5, 0.6) is 5.75 Å². The highest BCUT2D eigenvalue weighted by atomic mass is 19.1. The average molecular weight is 269 g/mol. The second kappa shape index (κ2) is 8.88. The van der Waals surface area contributed by atoms with Crippen LogP contribution >= 0.6 is 0 Å². The van der Waals surface area contributed by atoms with E-state index in [0.29, 0.717) is 18.8 Å². The van der Waals surface area contributed by atoms with Gasteiger partial charge < -0.3 is 14.8 Å². The van der Waals surface area contributed by atoms with Gasteiger partial charge >= 0.3 is 0 Å². The van der Waals surface area contributed by atoms with Crippen LogP contribution in [0, 0.1) is 5.82 Å². The summed E-state index contributed by atoms with van der Waals surface area (Å²) >= 11 is 0. The Balaban J connectivity index is 2.82. The average Bonchev–Trinajstić information content (AvgIpc) is 2.43. The van der Waals surface area contributed by atoms with Gasteiger partial charge in [-0.2, -0.15) is 0 Å². The molecule has 19 heavy (non-hydrogen) atoms. The van der Waals surface area contributed by atoms with Crippen molar-refractivity contribution in [3.63, 3.8) is 0 Å². The zero-order valence-corrected chi connectivity index (χ0v) is 12.0. The number of nitrogens with one attached hydrogen (secondary N) is 1. The van der Waals surface area contributed by atoms with Gasteiger partial charge in [-0.1, -0.05) is 26.0 Å². The topological polar surface area (TPSA) is 30.5 Å². The second-order valence-electron chi connectivity index (χ2n) is 4.45. The van der Waals surface area contributed by atoms with Crippen LogP contribution in [0.25, 0.3) is 0 Å². The molecule has 1 N–H and O–H groups in total. The zero-order chi connectivity index (χ0) is 14.1. The molecule has 1 atom stereocenters. The first-order valence-corrected chi connectivity index (χ1v) is 6.88. The van der Waals surface area contributed by atoms with Gasteiger partial charge in [0.2, 0.25) is 0 Å². The Morgan fingerprint density at radius 2 is 2.05 bits per heavy atom. The molecule has 1 unspecified atom stereocenters. The van der Waals surface area contributed by atoms with E-state index in [2.05, 4.69) is 19.2 Å². The monoisotopic (exact) mass is 269 g/mol. The van der Waals surface area contributed by atoms with Crippen LogP contribution in [-0.4, -0.2) is 26.9 Å². The summed E-state index contributed by atoms with van der Waals surface area (Å²) in [6, 6.07) is 5.07. The van der Waals surface area contributed by atoms with E-state index in [1.165, 1.54) is 7.11 Å². The summed E-state index contributed by atoms with van der Waals surface area (Å²) < 4.78 is 24.8. The number of benzene rings is 1. The van der Waals surface area contributed by atoms with Crippen molar-refractivity contribution in [2.75, 3.05) is 26.9 Å². The van der Waals surface area contributed by atoms with Gasteiger partial charge in [0.15, 0.2) is 11.6 Å². The third-order valence-electron chi connectivity index (χ3n) is 2.86. The molecule has 0 radical (unpaired) electrons. The van der Waals surface area contributed by atoms with Crippen LogP contribution in [0.2, 0.25) is 0 Å². The van der Waals surface area contributed by atoms with Crippen molar-refractivity contribution in [3.05, 3.63) is 29.6 Å². The molecule has 4 heteroatoms. The third-order valence-corrected chi connectivity index (χ3v) is 2.86. The highest BCUT2D eigenvalue weighted by Gasteiger charge is 2.18. The fourth-order valence-electron chi connectivity index (χ4n) is 1.88. The standard InChI is InChI=1S/C15H24FNO2/c1-4-9-17-13(11-19-10-5-2)12-7-6-8-14(18-3)15(12)16/h6-8,13,17H,4-5,9-11H2,1-3H3. The molecule has 0 aliphatic rings. The first-order chi connectivity index (χ1) is 9.24. The predicted octanol–water partition coefficient (Wildman–Crippen LogP) is 3.30. The lowest BCUT2D eigenvalue weighted by Crippen LogP contribution is -2.27. The van der Waals surface area contributed by atoms with Crippen molar-refractivity contribution in [1.29, 1.82) is 0 Å². The molecule has 0 aliphatic heterocycles. The predicted molar refractivity (Wildman–Crippen MR) is 75.1 cm³/mol. The van der Waals surface area contributed by atoms with Gasteiger partial charge in [-0.3, -0.25) is 0 Å². The van der Waals surface area contributed by atoms with Crippen molar-refractivity contribution in [2.24, 2.45) is 0 Å². The number of methoxy groups -OCH3 is 1. The lowest BCUT2D eigenvalue weighted by molar-refractivity contribution is 0.111. The van der Waals surface area contributed by atoms with Crippen LogP contribution < -0.4 is 10.1 Å². The van der Waals surface area contributed by atoms with E-state index in [9.17, 15) is 4.39 Å². The van der Waals surface area contributed by atoms with E-state index in [-0.39, 0.29) is 17.6 Å². The molecule has 1 rings (SSSR count). The van der Waals surface area contributed by atoms with Gasteiger partial charge in [-0.15, -0.1) is 0 Å². The Kier molecular flexibility index (Phi) is 7.45. The Morgan fingerprint density at radius 1 is 1.26 bits per heavy atom. The van der Waals surface area contributed by atoms with Crippen molar-refractivity contribution in [3.8, 4) is 5.75 Å². The number of hydrogen-bond donors (Lipinski definition) is 1. The first kappa shape index (κ1) is 15.9. The number of halogens is 1. The summed E-state index contributed by atoms with van der Waals surface area (Å²) in [6.45, 7) is 6.13. The number of ether oxygens (including phenoxy) is 2. The molecule has 0 amide bonds. The molecule has 0 heterocycles. The molecule has 108 valence electrons. The van der Waals surface area contributed by atoms with Crippen molar-refractivity contribution in [2.45, 2.75) is 32.7 Å². The SMILES string of the molecule is CCCNC(COCCC)c1cccc(OC)c1F. The van der Waals surface area contributed by atoms with E-state index in [0.717, 1.165) is 19.4 Å². The fraction of sp³-hybridized carbons (Fsp3) is 0.600. The maximum Gasteiger partial charge on any atom is 0.169 e. The van der Waals surface area contributed by atoms with E-state index in [4.69, 9.17) is 9.47 Å². The number of rotatable bonds is 9. The van der Waals surface area contributed by atoms with Crippen molar-refractivity contribution < 1.29 is 13.9 Å². The maximum absolute atomic E-state index is 14.2. The second-order valence-corrected chi connectivity index (χ2v) is 4.45. The summed E-state index contributed by atoms with van der Waals surface area (Å²) in [5, 5.41) is 3.32. The minimum absolute atomic E-state index is 0.137. The molecule has 0 aromatic heterocycles. The Hall–Kier alpha value is -1.13. The lowest BCUT2D eigenvalue weighted by Gasteiger charge is -2.20. The van der Waals surface area contributed by atoms with Crippen LogP contribution in [0.4, 0.5) is 4.39 Å². The van der Waals surface area contributed by atoms with Crippen molar-refractivity contribution in [1.82, 2.24) is 5.32 Å². The summed E-state index contributed by atoms with van der Waals surface area (Å²) in [5.41, 5.74) is 0.601. The van der Waals surface area contributed by atoms with Crippen LogP contribution in [0.1, 0.15) is 38.3 Å².